The minimum absolute atomic E-state index is 0.235. The van der Waals surface area contributed by atoms with Crippen molar-refractivity contribution >= 4 is 22.6 Å². The number of anilines is 1. The van der Waals surface area contributed by atoms with Crippen LogP contribution in [0.4, 0.5) is 5.69 Å². The smallest absolute Gasteiger partial charge is 0.336 e. The molecule has 0 radical (unpaired) electrons. The Morgan fingerprint density at radius 3 is 2.57 bits per heavy atom. The summed E-state index contributed by atoms with van der Waals surface area (Å²) in [6.07, 6.45) is 0. The van der Waals surface area contributed by atoms with Gasteiger partial charge in [0, 0.05) is 17.1 Å². The van der Waals surface area contributed by atoms with Gasteiger partial charge in [-0.2, -0.15) is 0 Å². The fraction of sp³-hybridized carbons (Fsp3) is 0.125. The number of rotatable bonds is 2. The summed E-state index contributed by atoms with van der Waals surface area (Å²) in [5.74, 6) is 1.04. The number of fused-ring (bicyclic) bond motifs is 1. The molecule has 3 rings (SSSR count). The number of hydrogen-bond donors (Lipinski definition) is 1. The Bertz CT molecular complexity index is 889. The van der Waals surface area contributed by atoms with E-state index in [-0.39, 0.29) is 5.91 Å². The van der Waals surface area contributed by atoms with E-state index in [1.165, 1.54) is 6.07 Å². The Morgan fingerprint density at radius 2 is 1.86 bits per heavy atom. The standard InChI is InChI=1S/C16H13NO4/c1-9-7-13(10(2)20-9)16(19)17-12-4-5-14-11(8-12)3-6-15(18)21-14/h3-8H,1-2H3,(H,17,19). The minimum atomic E-state index is -0.399. The number of aryl methyl sites for hydroxylation is 2. The van der Waals surface area contributed by atoms with Crippen LogP contribution in [0.1, 0.15) is 21.9 Å². The van der Waals surface area contributed by atoms with Gasteiger partial charge in [0.05, 0.1) is 5.56 Å². The number of benzene rings is 1. The maximum atomic E-state index is 12.2. The van der Waals surface area contributed by atoms with Crippen molar-refractivity contribution in [1.82, 2.24) is 0 Å². The van der Waals surface area contributed by atoms with Crippen molar-refractivity contribution in [2.24, 2.45) is 0 Å². The van der Waals surface area contributed by atoms with Crippen molar-refractivity contribution in [3.8, 4) is 0 Å². The van der Waals surface area contributed by atoms with E-state index >= 15 is 0 Å². The molecule has 0 saturated heterocycles. The molecule has 2 aromatic heterocycles. The van der Waals surface area contributed by atoms with Crippen LogP contribution in [0.2, 0.25) is 0 Å². The second kappa shape index (κ2) is 4.94. The van der Waals surface area contributed by atoms with E-state index in [0.717, 1.165) is 5.39 Å². The first-order valence-corrected chi connectivity index (χ1v) is 6.45. The Morgan fingerprint density at radius 1 is 1.05 bits per heavy atom. The van der Waals surface area contributed by atoms with Gasteiger partial charge in [-0.15, -0.1) is 0 Å². The van der Waals surface area contributed by atoms with Crippen molar-refractivity contribution < 1.29 is 13.6 Å². The lowest BCUT2D eigenvalue weighted by atomic mass is 10.2. The topological polar surface area (TPSA) is 72.5 Å². The van der Waals surface area contributed by atoms with Crippen LogP contribution in [0, 0.1) is 13.8 Å². The summed E-state index contributed by atoms with van der Waals surface area (Å²) in [5, 5.41) is 3.54. The minimum Gasteiger partial charge on any atom is -0.466 e. The number of carbonyl (C=O) groups excluding carboxylic acids is 1. The number of carbonyl (C=O) groups is 1. The fourth-order valence-electron chi connectivity index (χ4n) is 2.20. The first-order chi connectivity index (χ1) is 10.0. The van der Waals surface area contributed by atoms with Gasteiger partial charge in [-0.25, -0.2) is 4.79 Å². The van der Waals surface area contributed by atoms with Crippen LogP contribution in [0.15, 0.2) is 50.0 Å². The van der Waals surface area contributed by atoms with E-state index in [2.05, 4.69) is 5.32 Å². The molecule has 0 unspecified atom stereocenters. The second-order valence-electron chi connectivity index (χ2n) is 4.79. The molecule has 0 aliphatic heterocycles. The molecule has 0 spiro atoms. The van der Waals surface area contributed by atoms with E-state index in [1.807, 2.05) is 0 Å². The number of amides is 1. The van der Waals surface area contributed by atoms with E-state index < -0.39 is 5.63 Å². The highest BCUT2D eigenvalue weighted by Gasteiger charge is 2.13. The molecule has 2 heterocycles. The van der Waals surface area contributed by atoms with Crippen molar-refractivity contribution in [2.75, 3.05) is 5.32 Å². The molecule has 21 heavy (non-hydrogen) atoms. The summed E-state index contributed by atoms with van der Waals surface area (Å²) < 4.78 is 10.4. The highest BCUT2D eigenvalue weighted by atomic mass is 16.4. The van der Waals surface area contributed by atoms with Gasteiger partial charge in [-0.3, -0.25) is 4.79 Å². The molecule has 1 aromatic carbocycles. The first kappa shape index (κ1) is 13.2. The summed E-state index contributed by atoms with van der Waals surface area (Å²) in [7, 11) is 0. The van der Waals surface area contributed by atoms with Crippen LogP contribution in [-0.4, -0.2) is 5.91 Å². The fourth-order valence-corrected chi connectivity index (χ4v) is 2.20. The molecule has 0 fully saturated rings. The van der Waals surface area contributed by atoms with Crippen LogP contribution in [-0.2, 0) is 0 Å². The highest BCUT2D eigenvalue weighted by Crippen LogP contribution is 2.20. The van der Waals surface area contributed by atoms with Gasteiger partial charge in [0.25, 0.3) is 5.91 Å². The summed E-state index contributed by atoms with van der Waals surface area (Å²) in [5.41, 5.74) is 1.21. The normalized spacial score (nSPS) is 10.8. The van der Waals surface area contributed by atoms with Crippen LogP contribution in [0.3, 0.4) is 0 Å². The van der Waals surface area contributed by atoms with Crippen molar-refractivity contribution in [3.63, 3.8) is 0 Å². The molecule has 0 bridgehead atoms. The summed E-state index contributed by atoms with van der Waals surface area (Å²) in [6, 6.07) is 9.79. The third-order valence-corrected chi connectivity index (χ3v) is 3.16. The Kier molecular flexibility index (Phi) is 3.10. The molecule has 5 heteroatoms. The Labute approximate surface area is 120 Å². The molecule has 3 aromatic rings. The molecule has 0 aliphatic carbocycles. The second-order valence-corrected chi connectivity index (χ2v) is 4.79. The van der Waals surface area contributed by atoms with Gasteiger partial charge in [0.1, 0.15) is 17.1 Å². The van der Waals surface area contributed by atoms with E-state index in [9.17, 15) is 9.59 Å². The number of hydrogen-bond acceptors (Lipinski definition) is 4. The maximum absolute atomic E-state index is 12.2. The molecule has 0 aliphatic rings. The zero-order valence-electron chi connectivity index (χ0n) is 11.6. The number of nitrogens with one attached hydrogen (secondary N) is 1. The van der Waals surface area contributed by atoms with E-state index in [0.29, 0.717) is 28.4 Å². The SMILES string of the molecule is Cc1cc(C(=O)Nc2ccc3oc(=O)ccc3c2)c(C)o1. The van der Waals surface area contributed by atoms with Crippen molar-refractivity contribution in [3.05, 3.63) is 63.9 Å². The lowest BCUT2D eigenvalue weighted by Gasteiger charge is -2.05. The largest absolute Gasteiger partial charge is 0.466 e. The highest BCUT2D eigenvalue weighted by molar-refractivity contribution is 6.05. The quantitative estimate of drug-likeness (QED) is 0.733. The van der Waals surface area contributed by atoms with Gasteiger partial charge in [-0.05, 0) is 44.2 Å². The molecule has 1 N–H and O–H groups in total. The molecule has 0 atom stereocenters. The first-order valence-electron chi connectivity index (χ1n) is 6.45. The average Bonchev–Trinajstić information content (AvgIpc) is 2.78. The van der Waals surface area contributed by atoms with E-state index in [1.54, 1.807) is 44.2 Å². The van der Waals surface area contributed by atoms with Gasteiger partial charge >= 0.3 is 5.63 Å². The predicted molar refractivity (Wildman–Crippen MR) is 78.6 cm³/mol. The van der Waals surface area contributed by atoms with Gasteiger partial charge in [0.15, 0.2) is 0 Å². The average molecular weight is 283 g/mol. The van der Waals surface area contributed by atoms with E-state index in [4.69, 9.17) is 8.83 Å². The maximum Gasteiger partial charge on any atom is 0.336 e. The van der Waals surface area contributed by atoms with Gasteiger partial charge < -0.3 is 14.2 Å². The molecule has 106 valence electrons. The summed E-state index contributed by atoms with van der Waals surface area (Å²) >= 11 is 0. The molecular weight excluding hydrogens is 270 g/mol. The van der Waals surface area contributed by atoms with Crippen LogP contribution in [0.5, 0.6) is 0 Å². The van der Waals surface area contributed by atoms with Crippen LogP contribution < -0.4 is 10.9 Å². The molecule has 5 nitrogen and oxygen atoms in total. The number of furan rings is 1. The van der Waals surface area contributed by atoms with Crippen LogP contribution >= 0.6 is 0 Å². The van der Waals surface area contributed by atoms with Gasteiger partial charge in [0.2, 0.25) is 0 Å². The summed E-state index contributed by atoms with van der Waals surface area (Å²) in [6.45, 7) is 3.54. The molecule has 0 saturated carbocycles. The predicted octanol–water partition coefficient (Wildman–Crippen LogP) is 3.26. The Balaban J connectivity index is 1.91. The van der Waals surface area contributed by atoms with Crippen molar-refractivity contribution in [2.45, 2.75) is 13.8 Å². The summed E-state index contributed by atoms with van der Waals surface area (Å²) in [4.78, 5) is 23.3. The van der Waals surface area contributed by atoms with Crippen LogP contribution in [0.25, 0.3) is 11.0 Å². The molecule has 1 amide bonds. The van der Waals surface area contributed by atoms with Crippen molar-refractivity contribution in [1.29, 1.82) is 0 Å². The third-order valence-electron chi connectivity index (χ3n) is 3.16. The monoisotopic (exact) mass is 283 g/mol. The Hall–Kier alpha value is -2.82. The zero-order valence-corrected chi connectivity index (χ0v) is 11.6. The zero-order chi connectivity index (χ0) is 15.0. The van der Waals surface area contributed by atoms with Gasteiger partial charge in [-0.1, -0.05) is 0 Å². The lowest BCUT2D eigenvalue weighted by molar-refractivity contribution is 0.102. The molecular formula is C16H13NO4. The third kappa shape index (κ3) is 2.58. The lowest BCUT2D eigenvalue weighted by Crippen LogP contribution is -2.12.